The molecule has 0 radical (unpaired) electrons. The quantitative estimate of drug-likeness (QED) is 0.661. The largest absolute Gasteiger partial charge is 0.478 e. The molecule has 0 saturated carbocycles. The van der Waals surface area contributed by atoms with Gasteiger partial charge >= 0.3 is 5.97 Å². The van der Waals surface area contributed by atoms with E-state index >= 15 is 0 Å². The predicted molar refractivity (Wildman–Crippen MR) is 50.0 cm³/mol. The van der Waals surface area contributed by atoms with E-state index in [1.165, 1.54) is 0 Å². The monoisotopic (exact) mass is 251 g/mol. The highest BCUT2D eigenvalue weighted by molar-refractivity contribution is 6.33. The molecule has 0 spiro atoms. The molecular formula is C8H4ClF2NO4. The van der Waals surface area contributed by atoms with E-state index < -0.39 is 39.2 Å². The molecule has 16 heavy (non-hydrogen) atoms. The van der Waals surface area contributed by atoms with Crippen molar-refractivity contribution in [2.24, 2.45) is 0 Å². The summed E-state index contributed by atoms with van der Waals surface area (Å²) in [5.74, 6) is -1.54. The number of carboxylic acid groups (broad SMARTS) is 1. The molecule has 8 heteroatoms. The van der Waals surface area contributed by atoms with Crippen LogP contribution < -0.4 is 0 Å². The lowest BCUT2D eigenvalue weighted by Gasteiger charge is -2.05. The third-order valence-corrected chi connectivity index (χ3v) is 2.17. The van der Waals surface area contributed by atoms with Crippen molar-refractivity contribution in [1.82, 2.24) is 0 Å². The molecule has 0 fully saturated rings. The number of carboxylic acids is 1. The Hall–Kier alpha value is -1.76. The van der Waals surface area contributed by atoms with Crippen molar-refractivity contribution in [2.45, 2.75) is 6.43 Å². The molecule has 0 aromatic heterocycles. The number of hydrogen-bond acceptors (Lipinski definition) is 3. The minimum atomic E-state index is -3.08. The summed E-state index contributed by atoms with van der Waals surface area (Å²) in [5.41, 5.74) is -2.32. The van der Waals surface area contributed by atoms with Gasteiger partial charge in [0.1, 0.15) is 5.02 Å². The van der Waals surface area contributed by atoms with Gasteiger partial charge in [-0.05, 0) is 6.07 Å². The maximum atomic E-state index is 12.4. The van der Waals surface area contributed by atoms with Gasteiger partial charge in [0.25, 0.3) is 12.1 Å². The second kappa shape index (κ2) is 4.40. The summed E-state index contributed by atoms with van der Waals surface area (Å²) in [6, 6.07) is 1.25. The highest BCUT2D eigenvalue weighted by atomic mass is 35.5. The van der Waals surface area contributed by atoms with Crippen molar-refractivity contribution < 1.29 is 23.6 Å². The Kier molecular flexibility index (Phi) is 3.38. The second-order valence-electron chi connectivity index (χ2n) is 2.76. The molecule has 0 heterocycles. The number of hydrogen-bond donors (Lipinski definition) is 1. The van der Waals surface area contributed by atoms with Gasteiger partial charge < -0.3 is 5.11 Å². The average molecular weight is 252 g/mol. The molecule has 0 bridgehead atoms. The minimum Gasteiger partial charge on any atom is -0.478 e. The summed E-state index contributed by atoms with van der Waals surface area (Å²) in [5, 5.41) is 18.3. The number of benzene rings is 1. The van der Waals surface area contributed by atoms with Crippen LogP contribution in [0.25, 0.3) is 0 Å². The SMILES string of the molecule is O=C(O)c1cc(C(F)F)c(Cl)c([N+](=O)[O-])c1. The standard InChI is InChI=1S/C8H4ClF2NO4/c9-6-4(7(10)11)1-3(8(13)14)2-5(6)12(15)16/h1-2,7H,(H,13,14). The van der Waals surface area contributed by atoms with Crippen LogP contribution >= 0.6 is 11.6 Å². The number of alkyl halides is 2. The first kappa shape index (κ1) is 12.3. The molecule has 1 aromatic rings. The van der Waals surface area contributed by atoms with Gasteiger partial charge in [0.05, 0.1) is 10.5 Å². The maximum absolute atomic E-state index is 12.4. The van der Waals surface area contributed by atoms with Gasteiger partial charge in [-0.15, -0.1) is 0 Å². The Balaban J connectivity index is 3.51. The smallest absolute Gasteiger partial charge is 0.335 e. The van der Waals surface area contributed by atoms with Crippen LogP contribution in [0.3, 0.4) is 0 Å². The molecule has 1 aromatic carbocycles. The first-order valence-electron chi connectivity index (χ1n) is 3.84. The Labute approximate surface area is 92.4 Å². The molecule has 0 unspecified atom stereocenters. The van der Waals surface area contributed by atoms with Gasteiger partial charge in [-0.2, -0.15) is 0 Å². The molecule has 5 nitrogen and oxygen atoms in total. The van der Waals surface area contributed by atoms with Gasteiger partial charge in [-0.25, -0.2) is 13.6 Å². The predicted octanol–water partition coefficient (Wildman–Crippen LogP) is 2.88. The number of carbonyl (C=O) groups is 1. The van der Waals surface area contributed by atoms with E-state index in [0.717, 1.165) is 0 Å². The molecule has 0 atom stereocenters. The number of nitrogens with zero attached hydrogens (tertiary/aromatic N) is 1. The van der Waals surface area contributed by atoms with Crippen LogP contribution in [0.2, 0.25) is 5.02 Å². The van der Waals surface area contributed by atoms with Crippen LogP contribution in [0.1, 0.15) is 22.3 Å². The lowest BCUT2D eigenvalue weighted by atomic mass is 10.1. The van der Waals surface area contributed by atoms with Crippen molar-refractivity contribution >= 4 is 23.3 Å². The van der Waals surface area contributed by atoms with Crippen LogP contribution in [0.15, 0.2) is 12.1 Å². The van der Waals surface area contributed by atoms with E-state index in [1.807, 2.05) is 0 Å². The van der Waals surface area contributed by atoms with Crippen molar-refractivity contribution in [3.63, 3.8) is 0 Å². The van der Waals surface area contributed by atoms with Gasteiger partial charge in [0.15, 0.2) is 0 Å². The average Bonchev–Trinajstić information content (AvgIpc) is 2.16. The van der Waals surface area contributed by atoms with E-state index in [1.54, 1.807) is 0 Å². The van der Waals surface area contributed by atoms with E-state index in [9.17, 15) is 23.7 Å². The molecule has 0 aliphatic heterocycles. The third-order valence-electron chi connectivity index (χ3n) is 1.76. The first-order chi connectivity index (χ1) is 7.34. The fourth-order valence-electron chi connectivity index (χ4n) is 1.05. The van der Waals surface area contributed by atoms with E-state index in [0.29, 0.717) is 12.1 Å². The number of nitro groups is 1. The number of nitro benzene ring substituents is 1. The van der Waals surface area contributed by atoms with Gasteiger partial charge in [-0.1, -0.05) is 11.6 Å². The molecule has 0 aliphatic carbocycles. The van der Waals surface area contributed by atoms with Crippen LogP contribution in [0.4, 0.5) is 14.5 Å². The first-order valence-corrected chi connectivity index (χ1v) is 4.21. The molecule has 86 valence electrons. The number of aromatic carboxylic acids is 1. The molecule has 1 N–H and O–H groups in total. The highest BCUT2D eigenvalue weighted by Crippen LogP contribution is 2.35. The summed E-state index contributed by atoms with van der Waals surface area (Å²) in [6.45, 7) is 0. The van der Waals surface area contributed by atoms with Crippen LogP contribution in [0.5, 0.6) is 0 Å². The van der Waals surface area contributed by atoms with Crippen molar-refractivity contribution in [3.05, 3.63) is 38.4 Å². The highest BCUT2D eigenvalue weighted by Gasteiger charge is 2.24. The molecule has 0 amide bonds. The zero-order valence-electron chi connectivity index (χ0n) is 7.49. The Bertz CT molecular complexity index is 464. The maximum Gasteiger partial charge on any atom is 0.335 e. The topological polar surface area (TPSA) is 80.4 Å². The van der Waals surface area contributed by atoms with Crippen LogP contribution in [-0.2, 0) is 0 Å². The summed E-state index contributed by atoms with van der Waals surface area (Å²) in [4.78, 5) is 20.0. The Morgan fingerprint density at radius 1 is 1.50 bits per heavy atom. The van der Waals surface area contributed by atoms with Gasteiger partial charge in [0.2, 0.25) is 0 Å². The third kappa shape index (κ3) is 2.25. The summed E-state index contributed by atoms with van der Waals surface area (Å²) in [6.07, 6.45) is -3.08. The zero-order valence-corrected chi connectivity index (χ0v) is 8.24. The normalized spacial score (nSPS) is 10.5. The summed E-state index contributed by atoms with van der Waals surface area (Å²) < 4.78 is 24.8. The van der Waals surface area contributed by atoms with E-state index in [4.69, 9.17) is 16.7 Å². The van der Waals surface area contributed by atoms with Crippen molar-refractivity contribution in [3.8, 4) is 0 Å². The number of rotatable bonds is 3. The Morgan fingerprint density at radius 2 is 2.06 bits per heavy atom. The molecule has 0 aliphatic rings. The zero-order chi connectivity index (χ0) is 12.5. The minimum absolute atomic E-state index is 0.605. The Morgan fingerprint density at radius 3 is 2.44 bits per heavy atom. The van der Waals surface area contributed by atoms with Crippen LogP contribution in [-0.4, -0.2) is 16.0 Å². The van der Waals surface area contributed by atoms with Gasteiger partial charge in [0, 0.05) is 11.6 Å². The number of halogens is 3. The molecular weight excluding hydrogens is 248 g/mol. The summed E-state index contributed by atoms with van der Waals surface area (Å²) >= 11 is 5.36. The van der Waals surface area contributed by atoms with Crippen molar-refractivity contribution in [1.29, 1.82) is 0 Å². The fourth-order valence-corrected chi connectivity index (χ4v) is 1.31. The summed E-state index contributed by atoms with van der Waals surface area (Å²) in [7, 11) is 0. The molecule has 1 rings (SSSR count). The van der Waals surface area contributed by atoms with E-state index in [2.05, 4.69) is 0 Å². The molecule has 0 saturated heterocycles. The van der Waals surface area contributed by atoms with E-state index in [-0.39, 0.29) is 0 Å². The fraction of sp³-hybridized carbons (Fsp3) is 0.125. The van der Waals surface area contributed by atoms with Crippen molar-refractivity contribution in [2.75, 3.05) is 0 Å². The second-order valence-corrected chi connectivity index (χ2v) is 3.14. The lowest BCUT2D eigenvalue weighted by molar-refractivity contribution is -0.384. The van der Waals surface area contributed by atoms with Gasteiger partial charge in [-0.3, -0.25) is 10.1 Å². The van der Waals surface area contributed by atoms with Crippen LogP contribution in [0, 0.1) is 10.1 Å². The lowest BCUT2D eigenvalue weighted by Crippen LogP contribution is -2.02.